The Bertz CT molecular complexity index is 238. The molecule has 1 saturated carbocycles. The Morgan fingerprint density at radius 3 is 2.47 bits per heavy atom. The van der Waals surface area contributed by atoms with E-state index < -0.39 is 12.0 Å². The highest BCUT2D eigenvalue weighted by Gasteiger charge is 2.24. The summed E-state index contributed by atoms with van der Waals surface area (Å²) in [5.74, 6) is -0.266. The van der Waals surface area contributed by atoms with Gasteiger partial charge in [-0.3, -0.25) is 4.79 Å². The number of carbonyl (C=O) groups is 1. The second-order valence-corrected chi connectivity index (χ2v) is 5.56. The lowest BCUT2D eigenvalue weighted by Crippen LogP contribution is -2.41. The molecule has 0 aromatic heterocycles. The Kier molecular flexibility index (Phi) is 5.92. The van der Waals surface area contributed by atoms with Crippen molar-refractivity contribution >= 4 is 5.97 Å². The van der Waals surface area contributed by atoms with Crippen LogP contribution in [-0.4, -0.2) is 41.1 Å². The first kappa shape index (κ1) is 14.5. The molecule has 1 rings (SSSR count). The molecule has 1 aliphatic rings. The van der Waals surface area contributed by atoms with Crippen LogP contribution in [0, 0.1) is 5.92 Å². The van der Waals surface area contributed by atoms with Crippen LogP contribution in [-0.2, 0) is 4.79 Å². The van der Waals surface area contributed by atoms with E-state index >= 15 is 0 Å². The monoisotopic (exact) mass is 242 g/mol. The average molecular weight is 242 g/mol. The van der Waals surface area contributed by atoms with Gasteiger partial charge in [-0.2, -0.15) is 0 Å². The Morgan fingerprint density at radius 2 is 2.00 bits per heavy atom. The van der Waals surface area contributed by atoms with Gasteiger partial charge in [-0.05, 0) is 25.2 Å². The molecule has 0 aromatic rings. The number of nitrogens with zero attached hydrogens (tertiary/aromatic N) is 1. The van der Waals surface area contributed by atoms with E-state index in [1.54, 1.807) is 0 Å². The van der Waals surface area contributed by atoms with Crippen molar-refractivity contribution in [3.63, 3.8) is 0 Å². The van der Waals surface area contributed by atoms with E-state index in [0.717, 1.165) is 13.1 Å². The molecule has 0 radical (unpaired) electrons. The molecule has 17 heavy (non-hydrogen) atoms. The fourth-order valence-corrected chi connectivity index (χ4v) is 2.59. The van der Waals surface area contributed by atoms with Gasteiger partial charge >= 0.3 is 5.97 Å². The number of hydrogen-bond acceptors (Lipinski definition) is 3. The van der Waals surface area contributed by atoms with Gasteiger partial charge in [0.2, 0.25) is 0 Å². The quantitative estimate of drug-likeness (QED) is 0.713. The van der Waals surface area contributed by atoms with E-state index in [0.29, 0.717) is 18.4 Å². The number of rotatable bonds is 7. The van der Waals surface area contributed by atoms with E-state index in [1.165, 1.54) is 25.7 Å². The van der Waals surface area contributed by atoms with Crippen LogP contribution < -0.4 is 5.73 Å². The molecule has 4 nitrogen and oxygen atoms in total. The molecule has 0 heterocycles. The van der Waals surface area contributed by atoms with Crippen LogP contribution in [0.25, 0.3) is 0 Å². The summed E-state index contributed by atoms with van der Waals surface area (Å²) in [5, 5.41) is 8.80. The fraction of sp³-hybridized carbons (Fsp3) is 0.923. The zero-order chi connectivity index (χ0) is 12.8. The Balaban J connectivity index is 2.42. The van der Waals surface area contributed by atoms with E-state index in [9.17, 15) is 4.79 Å². The van der Waals surface area contributed by atoms with E-state index in [4.69, 9.17) is 10.8 Å². The SMILES string of the molecule is CC(C)CN(CCC(N)C(=O)O)C1CCCC1. The topological polar surface area (TPSA) is 66.6 Å². The maximum Gasteiger partial charge on any atom is 0.320 e. The Labute approximate surface area is 104 Å². The van der Waals surface area contributed by atoms with Crippen molar-refractivity contribution in [1.82, 2.24) is 4.90 Å². The minimum atomic E-state index is -0.888. The largest absolute Gasteiger partial charge is 0.480 e. The molecule has 0 aromatic carbocycles. The highest BCUT2D eigenvalue weighted by molar-refractivity contribution is 5.72. The first-order valence-electron chi connectivity index (χ1n) is 6.73. The zero-order valence-electron chi connectivity index (χ0n) is 11.1. The minimum absolute atomic E-state index is 0.554. The van der Waals surface area contributed by atoms with Gasteiger partial charge < -0.3 is 15.7 Å². The Hall–Kier alpha value is -0.610. The molecule has 1 unspecified atom stereocenters. The first-order valence-corrected chi connectivity index (χ1v) is 6.73. The maximum absolute atomic E-state index is 10.7. The normalized spacial score (nSPS) is 19.1. The van der Waals surface area contributed by atoms with Crippen LogP contribution in [0.3, 0.4) is 0 Å². The van der Waals surface area contributed by atoms with Crippen LogP contribution in [0.5, 0.6) is 0 Å². The van der Waals surface area contributed by atoms with Gasteiger partial charge in [-0.1, -0.05) is 26.7 Å². The van der Waals surface area contributed by atoms with E-state index in [1.807, 2.05) is 0 Å². The standard InChI is InChI=1S/C13H26N2O2/c1-10(2)9-15(11-5-3-4-6-11)8-7-12(14)13(16)17/h10-12H,3-9,14H2,1-2H3,(H,16,17). The predicted octanol–water partition coefficient (Wildman–Crippen LogP) is 1.69. The van der Waals surface area contributed by atoms with Gasteiger partial charge in [0.25, 0.3) is 0 Å². The number of carboxylic acid groups (broad SMARTS) is 1. The molecule has 0 aliphatic heterocycles. The molecular weight excluding hydrogens is 216 g/mol. The maximum atomic E-state index is 10.7. The number of carboxylic acids is 1. The summed E-state index contributed by atoms with van der Waals surface area (Å²) in [6.07, 6.45) is 5.69. The van der Waals surface area contributed by atoms with Gasteiger partial charge in [0, 0.05) is 19.1 Å². The number of aliphatic carboxylic acids is 1. The molecule has 100 valence electrons. The molecule has 0 saturated heterocycles. The summed E-state index contributed by atoms with van der Waals surface area (Å²) >= 11 is 0. The molecule has 0 spiro atoms. The Morgan fingerprint density at radius 1 is 1.41 bits per heavy atom. The number of hydrogen-bond donors (Lipinski definition) is 2. The molecule has 3 N–H and O–H groups in total. The highest BCUT2D eigenvalue weighted by Crippen LogP contribution is 2.24. The van der Waals surface area contributed by atoms with E-state index in [2.05, 4.69) is 18.7 Å². The third-order valence-electron chi connectivity index (χ3n) is 3.49. The van der Waals surface area contributed by atoms with Crippen molar-refractivity contribution in [2.24, 2.45) is 11.7 Å². The average Bonchev–Trinajstić information content (AvgIpc) is 2.76. The second-order valence-electron chi connectivity index (χ2n) is 5.56. The van der Waals surface area contributed by atoms with Crippen molar-refractivity contribution in [1.29, 1.82) is 0 Å². The van der Waals surface area contributed by atoms with Gasteiger partial charge in [0.1, 0.15) is 6.04 Å². The van der Waals surface area contributed by atoms with Crippen molar-refractivity contribution in [3.8, 4) is 0 Å². The third kappa shape index (κ3) is 5.04. The fourth-order valence-electron chi connectivity index (χ4n) is 2.59. The molecule has 1 aliphatic carbocycles. The van der Waals surface area contributed by atoms with Crippen molar-refractivity contribution < 1.29 is 9.90 Å². The molecular formula is C13H26N2O2. The summed E-state index contributed by atoms with van der Waals surface area (Å²) in [6.45, 7) is 6.28. The molecule has 0 amide bonds. The van der Waals surface area contributed by atoms with Gasteiger partial charge in [0.05, 0.1) is 0 Å². The molecule has 1 atom stereocenters. The number of nitrogens with two attached hydrogens (primary N) is 1. The summed E-state index contributed by atoms with van der Waals surface area (Å²) in [4.78, 5) is 13.2. The lowest BCUT2D eigenvalue weighted by molar-refractivity contribution is -0.138. The lowest BCUT2D eigenvalue weighted by atomic mass is 10.1. The summed E-state index contributed by atoms with van der Waals surface area (Å²) in [6, 6.07) is -0.0653. The second kappa shape index (κ2) is 6.97. The van der Waals surface area contributed by atoms with Crippen LogP contribution in [0.1, 0.15) is 46.0 Å². The minimum Gasteiger partial charge on any atom is -0.480 e. The molecule has 1 fully saturated rings. The third-order valence-corrected chi connectivity index (χ3v) is 3.49. The molecule has 4 heteroatoms. The van der Waals surface area contributed by atoms with Crippen LogP contribution in [0.2, 0.25) is 0 Å². The summed E-state index contributed by atoms with van der Waals surface area (Å²) in [7, 11) is 0. The first-order chi connectivity index (χ1) is 8.00. The highest BCUT2D eigenvalue weighted by atomic mass is 16.4. The van der Waals surface area contributed by atoms with Crippen molar-refractivity contribution in [2.75, 3.05) is 13.1 Å². The lowest BCUT2D eigenvalue weighted by Gasteiger charge is -2.30. The van der Waals surface area contributed by atoms with E-state index in [-0.39, 0.29) is 0 Å². The van der Waals surface area contributed by atoms with Gasteiger partial charge in [0.15, 0.2) is 0 Å². The smallest absolute Gasteiger partial charge is 0.320 e. The van der Waals surface area contributed by atoms with Crippen molar-refractivity contribution in [2.45, 2.75) is 58.0 Å². The molecule has 0 bridgehead atoms. The predicted molar refractivity (Wildman–Crippen MR) is 68.9 cm³/mol. The van der Waals surface area contributed by atoms with Crippen LogP contribution >= 0.6 is 0 Å². The van der Waals surface area contributed by atoms with Crippen LogP contribution in [0.4, 0.5) is 0 Å². The van der Waals surface area contributed by atoms with Crippen molar-refractivity contribution in [3.05, 3.63) is 0 Å². The summed E-state index contributed by atoms with van der Waals surface area (Å²) < 4.78 is 0. The van der Waals surface area contributed by atoms with Crippen LogP contribution in [0.15, 0.2) is 0 Å². The summed E-state index contributed by atoms with van der Waals surface area (Å²) in [5.41, 5.74) is 5.57. The zero-order valence-corrected chi connectivity index (χ0v) is 11.1. The van der Waals surface area contributed by atoms with Gasteiger partial charge in [-0.25, -0.2) is 0 Å². The van der Waals surface area contributed by atoms with Gasteiger partial charge in [-0.15, -0.1) is 0 Å².